The molecule has 35 heavy (non-hydrogen) atoms. The quantitative estimate of drug-likeness (QED) is 0.379. The topological polar surface area (TPSA) is 35.6 Å². The van der Waals surface area contributed by atoms with E-state index in [-0.39, 0.29) is 23.2 Å². The lowest BCUT2D eigenvalue weighted by atomic mass is 9.80. The van der Waals surface area contributed by atoms with Crippen molar-refractivity contribution in [3.8, 4) is 0 Å². The number of anilines is 1. The number of nitrogens with zero attached hydrogens (tertiary/aromatic N) is 2. The lowest BCUT2D eigenvalue weighted by Gasteiger charge is -2.39. The molecule has 3 atom stereocenters. The summed E-state index contributed by atoms with van der Waals surface area (Å²) in [5.74, 6) is -1.33. The number of nitrogens with one attached hydrogen (secondary N) is 1. The van der Waals surface area contributed by atoms with Gasteiger partial charge in [-0.05, 0) is 94.5 Å². The number of urea groups is 1. The van der Waals surface area contributed by atoms with Gasteiger partial charge >= 0.3 is 6.03 Å². The summed E-state index contributed by atoms with van der Waals surface area (Å²) in [7, 11) is 0. The molecule has 2 fully saturated rings. The highest BCUT2D eigenvalue weighted by Crippen LogP contribution is 2.63. The van der Waals surface area contributed by atoms with Gasteiger partial charge in [0.2, 0.25) is 0 Å². The highest BCUT2D eigenvalue weighted by Gasteiger charge is 2.58. The van der Waals surface area contributed by atoms with E-state index < -0.39 is 11.6 Å². The van der Waals surface area contributed by atoms with Gasteiger partial charge in [-0.2, -0.15) is 0 Å². The second-order valence-corrected chi connectivity index (χ2v) is 11.6. The molecule has 7 heteroatoms. The molecular formula is C28H36BrF2N3O. The van der Waals surface area contributed by atoms with Crippen LogP contribution in [0.5, 0.6) is 0 Å². The first kappa shape index (κ1) is 26.1. The maximum atomic E-state index is 13.8. The minimum Gasteiger partial charge on any atom is -0.320 e. The van der Waals surface area contributed by atoms with E-state index in [2.05, 4.69) is 78.1 Å². The summed E-state index contributed by atoms with van der Waals surface area (Å²) in [6.45, 7) is 10.0. The third-order valence-corrected chi connectivity index (χ3v) is 8.40. The molecule has 2 saturated carbocycles. The zero-order valence-corrected chi connectivity index (χ0v) is 22.6. The van der Waals surface area contributed by atoms with Crippen LogP contribution in [-0.4, -0.2) is 47.0 Å². The molecule has 1 N–H and O–H groups in total. The zero-order valence-electron chi connectivity index (χ0n) is 21.0. The van der Waals surface area contributed by atoms with Crippen molar-refractivity contribution in [3.05, 3.63) is 64.1 Å². The average molecular weight is 549 g/mol. The first-order chi connectivity index (χ1) is 16.6. The SMILES string of the molecule is CC(C)N(CCN(C(=O)Nc1ccc(F)c(F)c1)C1CC[C@]2(c3cccc(Br)c3)CC2C1)C(C)C. The number of hydrogen-bond acceptors (Lipinski definition) is 2. The normalized spacial score (nSPS) is 23.5. The Bertz CT molecular complexity index is 1050. The number of carbonyl (C=O) groups excluding carboxylic acids is 1. The van der Waals surface area contributed by atoms with Crippen molar-refractivity contribution in [2.75, 3.05) is 18.4 Å². The van der Waals surface area contributed by atoms with Crippen LogP contribution in [0.25, 0.3) is 0 Å². The van der Waals surface area contributed by atoms with Crippen molar-refractivity contribution in [1.29, 1.82) is 0 Å². The van der Waals surface area contributed by atoms with Crippen LogP contribution >= 0.6 is 15.9 Å². The van der Waals surface area contributed by atoms with Crippen LogP contribution in [0.4, 0.5) is 19.3 Å². The van der Waals surface area contributed by atoms with Gasteiger partial charge in [-0.25, -0.2) is 13.6 Å². The molecule has 190 valence electrons. The van der Waals surface area contributed by atoms with Gasteiger partial charge in [0.15, 0.2) is 11.6 Å². The summed E-state index contributed by atoms with van der Waals surface area (Å²) in [6.07, 6.45) is 4.09. The van der Waals surface area contributed by atoms with E-state index in [0.29, 0.717) is 24.5 Å². The summed E-state index contributed by atoms with van der Waals surface area (Å²) in [6, 6.07) is 12.7. The van der Waals surface area contributed by atoms with Gasteiger partial charge in [-0.15, -0.1) is 0 Å². The number of fused-ring (bicyclic) bond motifs is 1. The Morgan fingerprint density at radius 2 is 1.83 bits per heavy atom. The Morgan fingerprint density at radius 1 is 1.09 bits per heavy atom. The maximum Gasteiger partial charge on any atom is 0.322 e. The van der Waals surface area contributed by atoms with E-state index in [1.807, 2.05) is 4.90 Å². The van der Waals surface area contributed by atoms with Crippen LogP contribution < -0.4 is 5.32 Å². The van der Waals surface area contributed by atoms with Crippen LogP contribution in [0.2, 0.25) is 0 Å². The monoisotopic (exact) mass is 547 g/mol. The molecule has 4 rings (SSSR count). The Balaban J connectivity index is 1.50. The van der Waals surface area contributed by atoms with E-state index in [9.17, 15) is 13.6 Å². The zero-order chi connectivity index (χ0) is 25.3. The van der Waals surface area contributed by atoms with Crippen molar-refractivity contribution in [3.63, 3.8) is 0 Å². The van der Waals surface area contributed by atoms with Gasteiger partial charge in [0.25, 0.3) is 0 Å². The van der Waals surface area contributed by atoms with Crippen LogP contribution in [-0.2, 0) is 5.41 Å². The van der Waals surface area contributed by atoms with Crippen molar-refractivity contribution < 1.29 is 13.6 Å². The molecule has 0 saturated heterocycles. The Morgan fingerprint density at radius 3 is 2.46 bits per heavy atom. The van der Waals surface area contributed by atoms with Crippen LogP contribution in [0.1, 0.15) is 58.9 Å². The fraction of sp³-hybridized carbons (Fsp3) is 0.536. The standard InChI is InChI=1S/C28H36BrF2N3O/c1-18(2)33(19(3)4)12-13-34(27(35)32-23-8-9-25(30)26(31)16-23)24-10-11-28(17-21(28)15-24)20-6-5-7-22(29)14-20/h5-9,14,16,18-19,21,24H,10-13,15,17H2,1-4H3,(H,32,35)/t21?,24?,28-/m1/s1. The molecule has 4 nitrogen and oxygen atoms in total. The van der Waals surface area contributed by atoms with Crippen LogP contribution in [0, 0.1) is 17.6 Å². The smallest absolute Gasteiger partial charge is 0.320 e. The molecule has 0 heterocycles. The summed E-state index contributed by atoms with van der Waals surface area (Å²) in [5, 5.41) is 2.82. The molecule has 2 aromatic rings. The Hall–Kier alpha value is -1.99. The predicted octanol–water partition coefficient (Wildman–Crippen LogP) is 7.19. The van der Waals surface area contributed by atoms with E-state index >= 15 is 0 Å². The number of rotatable bonds is 8. The Labute approximate surface area is 216 Å². The molecule has 2 aliphatic rings. The van der Waals surface area contributed by atoms with Gasteiger partial charge in [0, 0.05) is 47.4 Å². The minimum atomic E-state index is -0.963. The summed E-state index contributed by atoms with van der Waals surface area (Å²) >= 11 is 3.61. The molecule has 2 aromatic carbocycles. The van der Waals surface area contributed by atoms with Crippen molar-refractivity contribution in [1.82, 2.24) is 9.80 Å². The first-order valence-electron chi connectivity index (χ1n) is 12.6. The maximum absolute atomic E-state index is 13.8. The molecule has 2 unspecified atom stereocenters. The molecule has 0 radical (unpaired) electrons. The molecule has 2 amide bonds. The van der Waals surface area contributed by atoms with E-state index in [1.54, 1.807) is 0 Å². The van der Waals surface area contributed by atoms with Crippen LogP contribution in [0.15, 0.2) is 46.9 Å². The van der Waals surface area contributed by atoms with Crippen molar-refractivity contribution in [2.45, 2.75) is 76.9 Å². The summed E-state index contributed by atoms with van der Waals surface area (Å²) in [4.78, 5) is 17.8. The van der Waals surface area contributed by atoms with Gasteiger partial charge < -0.3 is 10.2 Å². The predicted molar refractivity (Wildman–Crippen MR) is 141 cm³/mol. The third-order valence-electron chi connectivity index (χ3n) is 7.91. The van der Waals surface area contributed by atoms with Gasteiger partial charge in [-0.1, -0.05) is 28.1 Å². The third kappa shape index (κ3) is 5.72. The van der Waals surface area contributed by atoms with Gasteiger partial charge in [0.1, 0.15) is 0 Å². The van der Waals surface area contributed by atoms with E-state index in [1.165, 1.54) is 11.6 Å². The summed E-state index contributed by atoms with van der Waals surface area (Å²) < 4.78 is 28.2. The first-order valence-corrected chi connectivity index (χ1v) is 13.4. The average Bonchev–Trinajstić information content (AvgIpc) is 3.54. The molecule has 0 aromatic heterocycles. The van der Waals surface area contributed by atoms with E-state index in [0.717, 1.165) is 48.8 Å². The lowest BCUT2D eigenvalue weighted by molar-refractivity contribution is 0.120. The number of hydrogen-bond donors (Lipinski definition) is 1. The highest BCUT2D eigenvalue weighted by atomic mass is 79.9. The number of amides is 2. The lowest BCUT2D eigenvalue weighted by Crippen LogP contribution is -2.50. The summed E-state index contributed by atoms with van der Waals surface area (Å²) in [5.41, 5.74) is 1.89. The molecule has 0 spiro atoms. The second-order valence-electron chi connectivity index (χ2n) is 10.7. The van der Waals surface area contributed by atoms with E-state index in [4.69, 9.17) is 0 Å². The molecule has 2 aliphatic carbocycles. The van der Waals surface area contributed by atoms with Crippen LogP contribution in [0.3, 0.4) is 0 Å². The Kier molecular flexibility index (Phi) is 7.86. The molecule has 0 bridgehead atoms. The van der Waals surface area contributed by atoms with Crippen molar-refractivity contribution >= 4 is 27.6 Å². The number of benzene rings is 2. The highest BCUT2D eigenvalue weighted by molar-refractivity contribution is 9.10. The molecule has 0 aliphatic heterocycles. The van der Waals surface area contributed by atoms with Gasteiger partial charge in [-0.3, -0.25) is 4.90 Å². The fourth-order valence-electron chi connectivity index (χ4n) is 6.00. The van der Waals surface area contributed by atoms with Gasteiger partial charge in [0.05, 0.1) is 0 Å². The molecular weight excluding hydrogens is 512 g/mol. The largest absolute Gasteiger partial charge is 0.322 e. The second kappa shape index (κ2) is 10.6. The fourth-order valence-corrected chi connectivity index (χ4v) is 6.40. The number of carbonyl (C=O) groups is 1. The van der Waals surface area contributed by atoms with Crippen molar-refractivity contribution in [2.24, 2.45) is 5.92 Å². The number of halogens is 3. The minimum absolute atomic E-state index is 0.120.